The number of aromatic nitrogens is 2. The zero-order valence-corrected chi connectivity index (χ0v) is 13.1. The van der Waals surface area contributed by atoms with Crippen molar-refractivity contribution in [2.45, 2.75) is 45.6 Å². The molecule has 116 valence electrons. The lowest BCUT2D eigenvalue weighted by Gasteiger charge is -2.16. The van der Waals surface area contributed by atoms with E-state index >= 15 is 0 Å². The van der Waals surface area contributed by atoms with Crippen LogP contribution in [-0.2, 0) is 17.8 Å². The summed E-state index contributed by atoms with van der Waals surface area (Å²) in [6.07, 6.45) is 2.26. The van der Waals surface area contributed by atoms with Gasteiger partial charge in [-0.05, 0) is 18.9 Å². The van der Waals surface area contributed by atoms with Crippen molar-refractivity contribution >= 4 is 5.91 Å². The van der Waals surface area contributed by atoms with E-state index in [1.54, 1.807) is 0 Å². The summed E-state index contributed by atoms with van der Waals surface area (Å²) in [5, 5.41) is 3.98. The van der Waals surface area contributed by atoms with Gasteiger partial charge in [0.05, 0.1) is 5.92 Å². The van der Waals surface area contributed by atoms with Crippen LogP contribution >= 0.6 is 0 Å². The number of amides is 1. The standard InChI is InChI=1S/C17H21N3O2/c1-3-5-15-18-17(22-19-15)14-9-16(21)20(11-14)10-13-7-4-6-12(2)8-13/h4,6-8,14H,3,5,9-11H2,1-2H3. The van der Waals surface area contributed by atoms with Gasteiger partial charge in [-0.2, -0.15) is 4.98 Å². The first-order valence-electron chi connectivity index (χ1n) is 7.81. The van der Waals surface area contributed by atoms with Gasteiger partial charge in [0.1, 0.15) is 0 Å². The summed E-state index contributed by atoms with van der Waals surface area (Å²) in [7, 11) is 0. The summed E-state index contributed by atoms with van der Waals surface area (Å²) in [6.45, 7) is 5.44. The van der Waals surface area contributed by atoms with Crippen LogP contribution in [0.25, 0.3) is 0 Å². The Morgan fingerprint density at radius 2 is 2.27 bits per heavy atom. The third kappa shape index (κ3) is 3.18. The predicted molar refractivity (Wildman–Crippen MR) is 82.2 cm³/mol. The van der Waals surface area contributed by atoms with Crippen molar-refractivity contribution in [3.63, 3.8) is 0 Å². The second-order valence-electron chi connectivity index (χ2n) is 5.96. The molecule has 1 aliphatic rings. The fourth-order valence-corrected chi connectivity index (χ4v) is 2.88. The fraction of sp³-hybridized carbons (Fsp3) is 0.471. The number of carbonyl (C=O) groups is 1. The van der Waals surface area contributed by atoms with E-state index in [1.165, 1.54) is 5.56 Å². The number of carbonyl (C=O) groups excluding carboxylic acids is 1. The molecule has 2 heterocycles. The molecular formula is C17H21N3O2. The van der Waals surface area contributed by atoms with Crippen LogP contribution in [0.3, 0.4) is 0 Å². The van der Waals surface area contributed by atoms with E-state index in [2.05, 4.69) is 42.2 Å². The van der Waals surface area contributed by atoms with Crippen molar-refractivity contribution in [3.8, 4) is 0 Å². The monoisotopic (exact) mass is 299 g/mol. The zero-order chi connectivity index (χ0) is 15.5. The van der Waals surface area contributed by atoms with Crippen LogP contribution in [0.2, 0.25) is 0 Å². The van der Waals surface area contributed by atoms with Crippen LogP contribution in [0.15, 0.2) is 28.8 Å². The minimum atomic E-state index is 0.0235. The smallest absolute Gasteiger partial charge is 0.232 e. The Labute approximate surface area is 130 Å². The third-order valence-electron chi connectivity index (χ3n) is 3.98. The molecule has 0 aliphatic carbocycles. The van der Waals surface area contributed by atoms with Crippen LogP contribution in [-0.4, -0.2) is 27.5 Å². The predicted octanol–water partition coefficient (Wildman–Crippen LogP) is 2.85. The maximum atomic E-state index is 12.2. The Morgan fingerprint density at radius 1 is 1.41 bits per heavy atom. The molecule has 1 fully saturated rings. The van der Waals surface area contributed by atoms with E-state index in [-0.39, 0.29) is 11.8 Å². The number of hydrogen-bond acceptors (Lipinski definition) is 4. The molecule has 5 heteroatoms. The average Bonchev–Trinajstić information content (AvgIpc) is 3.07. The molecule has 1 atom stereocenters. The lowest BCUT2D eigenvalue weighted by Crippen LogP contribution is -2.24. The largest absolute Gasteiger partial charge is 0.339 e. The van der Waals surface area contributed by atoms with E-state index in [0.29, 0.717) is 25.4 Å². The minimum Gasteiger partial charge on any atom is -0.339 e. The second kappa shape index (κ2) is 6.30. The van der Waals surface area contributed by atoms with Gasteiger partial charge < -0.3 is 9.42 Å². The van der Waals surface area contributed by atoms with Crippen LogP contribution in [0.1, 0.15) is 48.5 Å². The van der Waals surface area contributed by atoms with Crippen molar-refractivity contribution < 1.29 is 9.32 Å². The van der Waals surface area contributed by atoms with Gasteiger partial charge in [0.25, 0.3) is 0 Å². The molecule has 1 aromatic carbocycles. The highest BCUT2D eigenvalue weighted by Gasteiger charge is 2.34. The topological polar surface area (TPSA) is 59.2 Å². The molecule has 0 spiro atoms. The number of hydrogen-bond donors (Lipinski definition) is 0. The van der Waals surface area contributed by atoms with E-state index in [0.717, 1.165) is 24.2 Å². The highest BCUT2D eigenvalue weighted by atomic mass is 16.5. The summed E-state index contributed by atoms with van der Waals surface area (Å²) < 4.78 is 5.33. The molecule has 1 saturated heterocycles. The van der Waals surface area contributed by atoms with E-state index in [4.69, 9.17) is 4.52 Å². The molecular weight excluding hydrogens is 278 g/mol. The average molecular weight is 299 g/mol. The Bertz CT molecular complexity index is 665. The number of nitrogens with zero attached hydrogens (tertiary/aromatic N) is 3. The van der Waals surface area contributed by atoms with Gasteiger partial charge in [-0.1, -0.05) is 41.9 Å². The summed E-state index contributed by atoms with van der Waals surface area (Å²) >= 11 is 0. The van der Waals surface area contributed by atoms with Crippen molar-refractivity contribution in [3.05, 3.63) is 47.1 Å². The first-order valence-corrected chi connectivity index (χ1v) is 7.81. The second-order valence-corrected chi connectivity index (χ2v) is 5.96. The molecule has 0 radical (unpaired) electrons. The minimum absolute atomic E-state index is 0.0235. The molecule has 22 heavy (non-hydrogen) atoms. The van der Waals surface area contributed by atoms with Gasteiger partial charge in [-0.25, -0.2) is 0 Å². The van der Waals surface area contributed by atoms with E-state index in [1.807, 2.05) is 11.0 Å². The first-order chi connectivity index (χ1) is 10.7. The maximum absolute atomic E-state index is 12.2. The van der Waals surface area contributed by atoms with Crippen molar-refractivity contribution in [2.24, 2.45) is 0 Å². The van der Waals surface area contributed by atoms with Gasteiger partial charge in [0.2, 0.25) is 11.8 Å². The third-order valence-corrected chi connectivity index (χ3v) is 3.98. The Hall–Kier alpha value is -2.17. The van der Waals surface area contributed by atoms with E-state index < -0.39 is 0 Å². The van der Waals surface area contributed by atoms with Crippen molar-refractivity contribution in [2.75, 3.05) is 6.54 Å². The molecule has 0 saturated carbocycles. The van der Waals surface area contributed by atoms with Gasteiger partial charge in [0.15, 0.2) is 5.82 Å². The Morgan fingerprint density at radius 3 is 3.05 bits per heavy atom. The molecule has 1 amide bonds. The molecule has 1 aliphatic heterocycles. The van der Waals surface area contributed by atoms with E-state index in [9.17, 15) is 4.79 Å². The normalized spacial score (nSPS) is 18.2. The van der Waals surface area contributed by atoms with Crippen molar-refractivity contribution in [1.82, 2.24) is 15.0 Å². The zero-order valence-electron chi connectivity index (χ0n) is 13.1. The van der Waals surface area contributed by atoms with Crippen LogP contribution < -0.4 is 0 Å². The summed E-state index contributed by atoms with van der Waals surface area (Å²) in [5.74, 6) is 1.52. The van der Waals surface area contributed by atoms with Gasteiger partial charge in [0, 0.05) is 25.9 Å². The number of likely N-dealkylation sites (tertiary alicyclic amines) is 1. The summed E-state index contributed by atoms with van der Waals surface area (Å²) in [5.41, 5.74) is 2.37. The lowest BCUT2D eigenvalue weighted by atomic mass is 10.1. The van der Waals surface area contributed by atoms with Gasteiger partial charge >= 0.3 is 0 Å². The van der Waals surface area contributed by atoms with Gasteiger partial charge in [-0.3, -0.25) is 4.79 Å². The maximum Gasteiger partial charge on any atom is 0.232 e. The fourth-order valence-electron chi connectivity index (χ4n) is 2.88. The molecule has 0 N–H and O–H groups in total. The Kier molecular flexibility index (Phi) is 4.22. The van der Waals surface area contributed by atoms with Crippen molar-refractivity contribution in [1.29, 1.82) is 0 Å². The van der Waals surface area contributed by atoms with Gasteiger partial charge in [-0.15, -0.1) is 0 Å². The van der Waals surface area contributed by atoms with Crippen LogP contribution in [0.5, 0.6) is 0 Å². The molecule has 2 aromatic rings. The number of rotatable bonds is 5. The molecule has 1 unspecified atom stereocenters. The lowest BCUT2D eigenvalue weighted by molar-refractivity contribution is -0.128. The molecule has 0 bridgehead atoms. The number of aryl methyl sites for hydroxylation is 2. The highest BCUT2D eigenvalue weighted by molar-refractivity contribution is 5.79. The molecule has 5 nitrogen and oxygen atoms in total. The molecule has 3 rings (SSSR count). The Balaban J connectivity index is 1.67. The first kappa shape index (κ1) is 14.8. The highest BCUT2D eigenvalue weighted by Crippen LogP contribution is 2.28. The summed E-state index contributed by atoms with van der Waals surface area (Å²) in [6, 6.07) is 8.26. The quantitative estimate of drug-likeness (QED) is 0.852. The summed E-state index contributed by atoms with van der Waals surface area (Å²) in [4.78, 5) is 18.5. The SMILES string of the molecule is CCCc1noc(C2CC(=O)N(Cc3cccc(C)c3)C2)n1. The number of benzene rings is 1. The molecule has 1 aromatic heterocycles. The van der Waals surface area contributed by atoms with Crippen LogP contribution in [0, 0.1) is 6.92 Å². The van der Waals surface area contributed by atoms with Crippen LogP contribution in [0.4, 0.5) is 0 Å².